The molecule has 0 aliphatic carbocycles. The molecule has 1 atom stereocenters. The summed E-state index contributed by atoms with van der Waals surface area (Å²) in [5.74, 6) is 0.112. The van der Waals surface area contributed by atoms with E-state index < -0.39 is 18.1 Å². The van der Waals surface area contributed by atoms with Gasteiger partial charge in [-0.05, 0) is 18.9 Å². The van der Waals surface area contributed by atoms with Crippen LogP contribution >= 0.6 is 0 Å². The van der Waals surface area contributed by atoms with E-state index in [-0.39, 0.29) is 12.5 Å². The number of carbonyl (C=O) groups excluding carboxylic acids is 2. The summed E-state index contributed by atoms with van der Waals surface area (Å²) in [7, 11) is 1.56. The van der Waals surface area contributed by atoms with Gasteiger partial charge in [-0.2, -0.15) is 0 Å². The van der Waals surface area contributed by atoms with Crippen molar-refractivity contribution in [3.8, 4) is 0 Å². The summed E-state index contributed by atoms with van der Waals surface area (Å²) in [5.41, 5.74) is 6.04. The van der Waals surface area contributed by atoms with Gasteiger partial charge in [0.05, 0.1) is 6.61 Å². The van der Waals surface area contributed by atoms with Gasteiger partial charge >= 0.3 is 12.1 Å². The maximum absolute atomic E-state index is 12.0. The van der Waals surface area contributed by atoms with Crippen LogP contribution in [0.4, 0.5) is 10.6 Å². The molecule has 1 aromatic rings. The van der Waals surface area contributed by atoms with Crippen molar-refractivity contribution in [1.29, 1.82) is 0 Å². The Labute approximate surface area is 130 Å². The lowest BCUT2D eigenvalue weighted by atomic mass is 10.2. The van der Waals surface area contributed by atoms with Gasteiger partial charge in [0.25, 0.3) is 0 Å². The Balaban J connectivity index is 2.77. The lowest BCUT2D eigenvalue weighted by Crippen LogP contribution is -2.31. The zero-order chi connectivity index (χ0) is 16.7. The molecular weight excluding hydrogens is 286 g/mol. The molecule has 1 rings (SSSR count). The maximum Gasteiger partial charge on any atom is 0.415 e. The number of aromatic nitrogens is 1. The smallest absolute Gasteiger partial charge is 0.415 e. The standard InChI is InChI=1S/C15H23N3O4/c1-10(2)8-22-15(20)18(4)13-12(6-5-7-17-13)9-21-14(19)11(3)16/h5-7,10-11H,8-9,16H2,1-4H3/t11-/m0/s1. The fourth-order valence-corrected chi connectivity index (χ4v) is 1.55. The third-order valence-corrected chi connectivity index (χ3v) is 2.74. The highest BCUT2D eigenvalue weighted by atomic mass is 16.6. The molecule has 2 N–H and O–H groups in total. The third-order valence-electron chi connectivity index (χ3n) is 2.74. The number of nitrogens with zero attached hydrogens (tertiary/aromatic N) is 2. The van der Waals surface area contributed by atoms with Crippen LogP contribution in [0.25, 0.3) is 0 Å². The predicted molar refractivity (Wildman–Crippen MR) is 82.3 cm³/mol. The van der Waals surface area contributed by atoms with E-state index in [9.17, 15) is 9.59 Å². The molecule has 0 radical (unpaired) electrons. The number of carbonyl (C=O) groups is 2. The molecular formula is C15H23N3O4. The van der Waals surface area contributed by atoms with Gasteiger partial charge in [-0.25, -0.2) is 9.78 Å². The first-order chi connectivity index (χ1) is 10.3. The average Bonchev–Trinajstić information content (AvgIpc) is 2.49. The summed E-state index contributed by atoms with van der Waals surface area (Å²) in [6.45, 7) is 5.76. The Morgan fingerprint density at radius 1 is 1.32 bits per heavy atom. The quantitative estimate of drug-likeness (QED) is 0.804. The minimum absolute atomic E-state index is 0.00858. The molecule has 0 saturated carbocycles. The molecule has 0 fully saturated rings. The van der Waals surface area contributed by atoms with Gasteiger partial charge < -0.3 is 15.2 Å². The predicted octanol–water partition coefficient (Wildman–Crippen LogP) is 1.70. The topological polar surface area (TPSA) is 94.7 Å². The lowest BCUT2D eigenvalue weighted by molar-refractivity contribution is -0.146. The average molecular weight is 309 g/mol. The van der Waals surface area contributed by atoms with Gasteiger partial charge in [0.1, 0.15) is 18.5 Å². The van der Waals surface area contributed by atoms with E-state index in [4.69, 9.17) is 15.2 Å². The molecule has 22 heavy (non-hydrogen) atoms. The molecule has 7 heteroatoms. The van der Waals surface area contributed by atoms with Crippen LogP contribution in [0.15, 0.2) is 18.3 Å². The number of ether oxygens (including phenoxy) is 2. The van der Waals surface area contributed by atoms with Crippen molar-refractivity contribution in [2.75, 3.05) is 18.6 Å². The van der Waals surface area contributed by atoms with E-state index >= 15 is 0 Å². The van der Waals surface area contributed by atoms with E-state index in [0.717, 1.165) is 0 Å². The van der Waals surface area contributed by atoms with Crippen LogP contribution in [-0.2, 0) is 20.9 Å². The Morgan fingerprint density at radius 2 is 2.00 bits per heavy atom. The zero-order valence-electron chi connectivity index (χ0n) is 13.4. The monoisotopic (exact) mass is 309 g/mol. The molecule has 0 unspecified atom stereocenters. The van der Waals surface area contributed by atoms with Gasteiger partial charge in [0, 0.05) is 18.8 Å². The number of anilines is 1. The number of nitrogens with two attached hydrogens (primary N) is 1. The fraction of sp³-hybridized carbons (Fsp3) is 0.533. The SMILES string of the molecule is CC(C)COC(=O)N(C)c1ncccc1COC(=O)[C@H](C)N. The first kappa shape index (κ1) is 17.9. The van der Waals surface area contributed by atoms with Crippen molar-refractivity contribution in [2.24, 2.45) is 11.7 Å². The zero-order valence-corrected chi connectivity index (χ0v) is 13.4. The van der Waals surface area contributed by atoms with Crippen LogP contribution in [0.3, 0.4) is 0 Å². The molecule has 7 nitrogen and oxygen atoms in total. The molecule has 122 valence electrons. The minimum Gasteiger partial charge on any atom is -0.460 e. The second-order valence-electron chi connectivity index (χ2n) is 5.41. The number of hydrogen-bond donors (Lipinski definition) is 1. The lowest BCUT2D eigenvalue weighted by Gasteiger charge is -2.19. The molecule has 0 spiro atoms. The highest BCUT2D eigenvalue weighted by molar-refractivity contribution is 5.86. The first-order valence-electron chi connectivity index (χ1n) is 7.09. The van der Waals surface area contributed by atoms with Crippen molar-refractivity contribution in [1.82, 2.24) is 4.98 Å². The van der Waals surface area contributed by atoms with Gasteiger partial charge in [-0.1, -0.05) is 19.9 Å². The van der Waals surface area contributed by atoms with E-state index in [1.807, 2.05) is 13.8 Å². The summed E-state index contributed by atoms with van der Waals surface area (Å²) >= 11 is 0. The largest absolute Gasteiger partial charge is 0.460 e. The van der Waals surface area contributed by atoms with E-state index in [1.165, 1.54) is 4.90 Å². The van der Waals surface area contributed by atoms with E-state index in [1.54, 1.807) is 32.3 Å². The van der Waals surface area contributed by atoms with Gasteiger partial charge in [0.2, 0.25) is 0 Å². The summed E-state index contributed by atoms with van der Waals surface area (Å²) in [4.78, 5) is 28.9. The molecule has 1 aromatic heterocycles. The summed E-state index contributed by atoms with van der Waals surface area (Å²) in [6, 6.07) is 2.73. The van der Waals surface area contributed by atoms with Gasteiger partial charge in [0.15, 0.2) is 0 Å². The Kier molecular flexibility index (Phi) is 6.78. The molecule has 1 amide bonds. The van der Waals surface area contributed by atoms with Crippen LogP contribution in [0, 0.1) is 5.92 Å². The normalized spacial score (nSPS) is 11.9. The minimum atomic E-state index is -0.700. The first-order valence-corrected chi connectivity index (χ1v) is 7.09. The number of pyridine rings is 1. The van der Waals surface area contributed by atoms with Gasteiger partial charge in [-0.15, -0.1) is 0 Å². The highest BCUT2D eigenvalue weighted by Crippen LogP contribution is 2.18. The van der Waals surface area contributed by atoms with Crippen molar-refractivity contribution >= 4 is 17.9 Å². The number of rotatable bonds is 6. The molecule has 0 bridgehead atoms. The number of esters is 1. The molecule has 0 saturated heterocycles. The van der Waals surface area contributed by atoms with Crippen molar-refractivity contribution in [3.63, 3.8) is 0 Å². The Hall–Kier alpha value is -2.15. The number of hydrogen-bond acceptors (Lipinski definition) is 6. The van der Waals surface area contributed by atoms with Gasteiger partial charge in [-0.3, -0.25) is 9.69 Å². The third kappa shape index (κ3) is 5.33. The fourth-order valence-electron chi connectivity index (χ4n) is 1.55. The van der Waals surface area contributed by atoms with Crippen molar-refractivity contribution < 1.29 is 19.1 Å². The van der Waals surface area contributed by atoms with Crippen molar-refractivity contribution in [3.05, 3.63) is 23.9 Å². The van der Waals surface area contributed by atoms with E-state index in [0.29, 0.717) is 18.0 Å². The number of amides is 1. The maximum atomic E-state index is 12.0. The highest BCUT2D eigenvalue weighted by Gasteiger charge is 2.18. The second kappa shape index (κ2) is 8.33. The van der Waals surface area contributed by atoms with Crippen LogP contribution in [0.5, 0.6) is 0 Å². The van der Waals surface area contributed by atoms with Crippen LogP contribution in [0.2, 0.25) is 0 Å². The summed E-state index contributed by atoms with van der Waals surface area (Å²) in [5, 5.41) is 0. The summed E-state index contributed by atoms with van der Waals surface area (Å²) in [6.07, 6.45) is 1.05. The van der Waals surface area contributed by atoms with Crippen molar-refractivity contribution in [2.45, 2.75) is 33.4 Å². The summed E-state index contributed by atoms with van der Waals surface area (Å²) < 4.78 is 10.2. The molecule has 0 aromatic carbocycles. The van der Waals surface area contributed by atoms with Crippen LogP contribution in [-0.4, -0.2) is 36.7 Å². The Bertz CT molecular complexity index is 517. The molecule has 0 aliphatic rings. The Morgan fingerprint density at radius 3 is 2.59 bits per heavy atom. The van der Waals surface area contributed by atoms with Crippen LogP contribution in [0.1, 0.15) is 26.3 Å². The second-order valence-corrected chi connectivity index (χ2v) is 5.41. The molecule has 0 aliphatic heterocycles. The molecule has 1 heterocycles. The van der Waals surface area contributed by atoms with E-state index in [2.05, 4.69) is 4.98 Å². The van der Waals surface area contributed by atoms with Crippen LogP contribution < -0.4 is 10.6 Å².